The molecule has 1 fully saturated rings. The molecule has 4 heteroatoms. The van der Waals surface area contributed by atoms with Gasteiger partial charge in [-0.1, -0.05) is 18.2 Å². The number of hydrogen-bond acceptors (Lipinski definition) is 3. The van der Waals surface area contributed by atoms with Crippen molar-refractivity contribution in [3.8, 4) is 0 Å². The summed E-state index contributed by atoms with van der Waals surface area (Å²) in [5.41, 5.74) is 2.29. The van der Waals surface area contributed by atoms with Crippen molar-refractivity contribution >= 4 is 16.7 Å². The Balaban J connectivity index is 1.81. The summed E-state index contributed by atoms with van der Waals surface area (Å²) in [4.78, 5) is 13.9. The third-order valence-electron chi connectivity index (χ3n) is 4.29. The van der Waals surface area contributed by atoms with E-state index >= 15 is 0 Å². The van der Waals surface area contributed by atoms with Gasteiger partial charge < -0.3 is 0 Å². The van der Waals surface area contributed by atoms with Crippen LogP contribution in [0.2, 0.25) is 0 Å². The normalized spacial score (nSPS) is 20.4. The van der Waals surface area contributed by atoms with Gasteiger partial charge in [0.1, 0.15) is 5.78 Å². The highest BCUT2D eigenvalue weighted by atomic mass is 16.1. The van der Waals surface area contributed by atoms with Crippen molar-refractivity contribution in [2.75, 3.05) is 13.1 Å². The molecule has 106 valence electrons. The number of fused-ring (bicyclic) bond motifs is 1. The second-order valence-corrected chi connectivity index (χ2v) is 5.77. The predicted molar refractivity (Wildman–Crippen MR) is 79.4 cm³/mol. The highest BCUT2D eigenvalue weighted by Crippen LogP contribution is 2.22. The number of aromatic nitrogens is 2. The van der Waals surface area contributed by atoms with E-state index in [0.29, 0.717) is 5.78 Å². The van der Waals surface area contributed by atoms with E-state index in [1.165, 1.54) is 10.9 Å². The SMILES string of the molecule is CC(=O)C1CCCN(Cc2nn(C)c3ccccc23)C1. The number of rotatable bonds is 3. The van der Waals surface area contributed by atoms with E-state index in [1.807, 2.05) is 17.8 Å². The first kappa shape index (κ1) is 13.3. The average Bonchev–Trinajstić information content (AvgIpc) is 2.76. The summed E-state index contributed by atoms with van der Waals surface area (Å²) in [5, 5.41) is 5.87. The summed E-state index contributed by atoms with van der Waals surface area (Å²) in [7, 11) is 1.99. The fraction of sp³-hybridized carbons (Fsp3) is 0.500. The van der Waals surface area contributed by atoms with Crippen LogP contribution >= 0.6 is 0 Å². The van der Waals surface area contributed by atoms with Crippen LogP contribution < -0.4 is 0 Å². The Bertz CT molecular complexity index is 632. The van der Waals surface area contributed by atoms with Crippen molar-refractivity contribution in [2.45, 2.75) is 26.3 Å². The molecule has 2 heterocycles. The van der Waals surface area contributed by atoms with Crippen LogP contribution in [0.1, 0.15) is 25.5 Å². The van der Waals surface area contributed by atoms with E-state index in [2.05, 4.69) is 28.2 Å². The highest BCUT2D eigenvalue weighted by Gasteiger charge is 2.24. The minimum Gasteiger partial charge on any atom is -0.300 e. The average molecular weight is 271 g/mol. The second-order valence-electron chi connectivity index (χ2n) is 5.77. The number of carbonyl (C=O) groups is 1. The number of ketones is 1. The molecule has 4 nitrogen and oxygen atoms in total. The molecule has 1 aromatic heterocycles. The maximum atomic E-state index is 11.6. The summed E-state index contributed by atoms with van der Waals surface area (Å²) >= 11 is 0. The quantitative estimate of drug-likeness (QED) is 0.860. The van der Waals surface area contributed by atoms with E-state index in [0.717, 1.165) is 38.2 Å². The Morgan fingerprint density at radius 2 is 2.20 bits per heavy atom. The molecule has 0 radical (unpaired) electrons. The first-order valence-electron chi connectivity index (χ1n) is 7.28. The van der Waals surface area contributed by atoms with Crippen molar-refractivity contribution in [1.82, 2.24) is 14.7 Å². The van der Waals surface area contributed by atoms with Crippen molar-refractivity contribution in [3.05, 3.63) is 30.0 Å². The zero-order valence-electron chi connectivity index (χ0n) is 12.2. The van der Waals surface area contributed by atoms with Crippen LogP contribution in [0.15, 0.2) is 24.3 Å². The molecule has 0 amide bonds. The van der Waals surface area contributed by atoms with Gasteiger partial charge in [-0.2, -0.15) is 5.10 Å². The fourth-order valence-electron chi connectivity index (χ4n) is 3.15. The number of piperidine rings is 1. The van der Waals surface area contributed by atoms with Crippen LogP contribution in [0.3, 0.4) is 0 Å². The Morgan fingerprint density at radius 1 is 1.40 bits per heavy atom. The Morgan fingerprint density at radius 3 is 3.00 bits per heavy atom. The molecule has 1 aliphatic heterocycles. The van der Waals surface area contributed by atoms with E-state index in [1.54, 1.807) is 6.92 Å². The van der Waals surface area contributed by atoms with Gasteiger partial charge in [-0.3, -0.25) is 14.4 Å². The molecule has 20 heavy (non-hydrogen) atoms. The number of benzene rings is 1. The van der Waals surface area contributed by atoms with Crippen molar-refractivity contribution in [1.29, 1.82) is 0 Å². The van der Waals surface area contributed by atoms with Gasteiger partial charge in [0.05, 0.1) is 11.2 Å². The molecule has 3 rings (SSSR count). The van der Waals surface area contributed by atoms with Crippen LogP contribution in [-0.2, 0) is 18.4 Å². The van der Waals surface area contributed by atoms with E-state index in [-0.39, 0.29) is 5.92 Å². The van der Waals surface area contributed by atoms with Crippen molar-refractivity contribution in [2.24, 2.45) is 13.0 Å². The number of carbonyl (C=O) groups excluding carboxylic acids is 1. The number of hydrogen-bond donors (Lipinski definition) is 0. The molecule has 0 saturated carbocycles. The third kappa shape index (κ3) is 2.48. The number of nitrogens with zero attached hydrogens (tertiary/aromatic N) is 3. The highest BCUT2D eigenvalue weighted by molar-refractivity contribution is 5.82. The molecule has 0 spiro atoms. The fourth-order valence-corrected chi connectivity index (χ4v) is 3.15. The molecular formula is C16H21N3O. The lowest BCUT2D eigenvalue weighted by atomic mass is 9.94. The van der Waals surface area contributed by atoms with Crippen LogP contribution in [0.25, 0.3) is 10.9 Å². The smallest absolute Gasteiger partial charge is 0.134 e. The first-order chi connectivity index (χ1) is 9.65. The van der Waals surface area contributed by atoms with Gasteiger partial charge in [-0.25, -0.2) is 0 Å². The number of likely N-dealkylation sites (tertiary alicyclic amines) is 1. The third-order valence-corrected chi connectivity index (χ3v) is 4.29. The predicted octanol–water partition coefficient (Wildman–Crippen LogP) is 2.37. The standard InChI is InChI=1S/C16H21N3O/c1-12(20)13-6-5-9-19(10-13)11-15-14-7-3-4-8-16(14)18(2)17-15/h3-4,7-8,13H,5-6,9-11H2,1-2H3. The molecule has 1 aliphatic rings. The van der Waals surface area contributed by atoms with Gasteiger partial charge in [-0.15, -0.1) is 0 Å². The topological polar surface area (TPSA) is 38.1 Å². The minimum atomic E-state index is 0.207. The zero-order chi connectivity index (χ0) is 14.1. The lowest BCUT2D eigenvalue weighted by Gasteiger charge is -2.30. The van der Waals surface area contributed by atoms with Gasteiger partial charge in [0.15, 0.2) is 0 Å². The molecular weight excluding hydrogens is 250 g/mol. The van der Waals surface area contributed by atoms with Crippen LogP contribution in [0, 0.1) is 5.92 Å². The number of Topliss-reactive ketones (excluding diaryl/α,β-unsaturated/α-hetero) is 1. The minimum absolute atomic E-state index is 0.207. The van der Waals surface area contributed by atoms with E-state index in [4.69, 9.17) is 0 Å². The Labute approximate surface area is 119 Å². The molecule has 2 aromatic rings. The monoisotopic (exact) mass is 271 g/mol. The largest absolute Gasteiger partial charge is 0.300 e. The molecule has 0 N–H and O–H groups in total. The van der Waals surface area contributed by atoms with Gasteiger partial charge in [0.25, 0.3) is 0 Å². The molecule has 1 atom stereocenters. The maximum Gasteiger partial charge on any atom is 0.134 e. The maximum absolute atomic E-state index is 11.6. The second kappa shape index (κ2) is 5.37. The van der Waals surface area contributed by atoms with Crippen LogP contribution in [0.4, 0.5) is 0 Å². The Hall–Kier alpha value is -1.68. The van der Waals surface area contributed by atoms with Gasteiger partial charge >= 0.3 is 0 Å². The first-order valence-corrected chi connectivity index (χ1v) is 7.28. The molecule has 0 bridgehead atoms. The van der Waals surface area contributed by atoms with Gasteiger partial charge in [0, 0.05) is 31.4 Å². The Kier molecular flexibility index (Phi) is 3.57. The summed E-state index contributed by atoms with van der Waals surface area (Å²) in [6.45, 7) is 4.49. The molecule has 1 saturated heterocycles. The van der Waals surface area contributed by atoms with Crippen molar-refractivity contribution < 1.29 is 4.79 Å². The molecule has 1 aromatic carbocycles. The molecule has 0 aliphatic carbocycles. The van der Waals surface area contributed by atoms with Crippen LogP contribution in [-0.4, -0.2) is 33.6 Å². The van der Waals surface area contributed by atoms with Gasteiger partial charge in [-0.05, 0) is 32.4 Å². The van der Waals surface area contributed by atoms with Crippen LogP contribution in [0.5, 0.6) is 0 Å². The van der Waals surface area contributed by atoms with E-state index in [9.17, 15) is 4.79 Å². The number of para-hydroxylation sites is 1. The van der Waals surface area contributed by atoms with Gasteiger partial charge in [0.2, 0.25) is 0 Å². The summed E-state index contributed by atoms with van der Waals surface area (Å²) in [5.74, 6) is 0.527. The lowest BCUT2D eigenvalue weighted by molar-refractivity contribution is -0.122. The van der Waals surface area contributed by atoms with Crippen molar-refractivity contribution in [3.63, 3.8) is 0 Å². The molecule has 1 unspecified atom stereocenters. The lowest BCUT2D eigenvalue weighted by Crippen LogP contribution is -2.37. The van der Waals surface area contributed by atoms with E-state index < -0.39 is 0 Å². The number of aryl methyl sites for hydroxylation is 1. The zero-order valence-corrected chi connectivity index (χ0v) is 12.2. The summed E-state index contributed by atoms with van der Waals surface area (Å²) in [6, 6.07) is 8.33. The summed E-state index contributed by atoms with van der Waals surface area (Å²) < 4.78 is 1.94. The summed E-state index contributed by atoms with van der Waals surface area (Å²) in [6.07, 6.45) is 2.14.